The first kappa shape index (κ1) is 21.5. The topological polar surface area (TPSA) is 64.6 Å². The van der Waals surface area contributed by atoms with Crippen LogP contribution in [0, 0.1) is 11.3 Å². The van der Waals surface area contributed by atoms with E-state index >= 15 is 0 Å². The number of carbonyl (C=O) groups is 2. The molecule has 0 heterocycles. The van der Waals surface area contributed by atoms with Crippen LogP contribution >= 0.6 is 0 Å². The summed E-state index contributed by atoms with van der Waals surface area (Å²) in [6.45, 7) is 11.0. The summed E-state index contributed by atoms with van der Waals surface area (Å²) in [6, 6.07) is 0. The predicted molar refractivity (Wildman–Crippen MR) is 106 cm³/mol. The average Bonchev–Trinajstić information content (AvgIpc) is 2.53. The lowest BCUT2D eigenvalue weighted by Gasteiger charge is -2.40. The van der Waals surface area contributed by atoms with Crippen molar-refractivity contribution in [2.75, 3.05) is 0 Å². The van der Waals surface area contributed by atoms with Gasteiger partial charge in [-0.1, -0.05) is 31.2 Å². The number of ether oxygens (including phenoxy) is 2. The maximum atomic E-state index is 12.6. The van der Waals surface area contributed by atoms with Crippen molar-refractivity contribution in [3.05, 3.63) is 24.3 Å². The molecule has 1 amide bonds. The second kappa shape index (κ2) is 8.07. The minimum absolute atomic E-state index is 0.0832. The smallest absolute Gasteiger partial charge is 0.408 e. The van der Waals surface area contributed by atoms with E-state index in [1.807, 2.05) is 0 Å². The van der Waals surface area contributed by atoms with Gasteiger partial charge < -0.3 is 14.8 Å². The highest BCUT2D eigenvalue weighted by Crippen LogP contribution is 2.44. The SMILES string of the molecule is CC(C)(C)OC(=O)NC(C)(C)C(=O)OC1CCC(C2(C)C=CC=CC2)CC1. The van der Waals surface area contributed by atoms with E-state index in [0.717, 1.165) is 32.1 Å². The average molecular weight is 378 g/mol. The summed E-state index contributed by atoms with van der Waals surface area (Å²) >= 11 is 0. The van der Waals surface area contributed by atoms with Crippen LogP contribution in [0.1, 0.15) is 73.6 Å². The molecule has 152 valence electrons. The molecule has 0 radical (unpaired) electrons. The number of esters is 1. The Bertz CT molecular complexity index is 606. The van der Waals surface area contributed by atoms with E-state index in [0.29, 0.717) is 5.92 Å². The molecular weight excluding hydrogens is 342 g/mol. The van der Waals surface area contributed by atoms with Gasteiger partial charge in [0.15, 0.2) is 0 Å². The number of alkyl carbamates (subject to hydrolysis) is 1. The van der Waals surface area contributed by atoms with Crippen LogP contribution < -0.4 is 5.32 Å². The van der Waals surface area contributed by atoms with E-state index in [2.05, 4.69) is 36.5 Å². The van der Waals surface area contributed by atoms with Gasteiger partial charge in [0.1, 0.15) is 17.2 Å². The largest absolute Gasteiger partial charge is 0.461 e. The highest BCUT2D eigenvalue weighted by atomic mass is 16.6. The van der Waals surface area contributed by atoms with Crippen molar-refractivity contribution in [2.45, 2.75) is 90.9 Å². The summed E-state index contributed by atoms with van der Waals surface area (Å²) < 4.78 is 11.0. The monoisotopic (exact) mass is 377 g/mol. The van der Waals surface area contributed by atoms with Crippen molar-refractivity contribution < 1.29 is 19.1 Å². The van der Waals surface area contributed by atoms with Crippen LogP contribution in [0.15, 0.2) is 24.3 Å². The van der Waals surface area contributed by atoms with Crippen molar-refractivity contribution in [1.29, 1.82) is 0 Å². The Labute approximate surface area is 163 Å². The summed E-state index contributed by atoms with van der Waals surface area (Å²) in [5.74, 6) is 0.199. The van der Waals surface area contributed by atoms with Gasteiger partial charge >= 0.3 is 12.1 Å². The van der Waals surface area contributed by atoms with Gasteiger partial charge in [0.05, 0.1) is 0 Å². The van der Waals surface area contributed by atoms with E-state index < -0.39 is 23.2 Å². The van der Waals surface area contributed by atoms with E-state index in [-0.39, 0.29) is 11.5 Å². The zero-order valence-corrected chi connectivity index (χ0v) is 17.6. The van der Waals surface area contributed by atoms with Crippen molar-refractivity contribution in [3.8, 4) is 0 Å². The second-order valence-corrected chi connectivity index (χ2v) is 9.63. The zero-order chi connectivity index (χ0) is 20.3. The normalized spacial score (nSPS) is 28.5. The molecule has 0 saturated heterocycles. The summed E-state index contributed by atoms with van der Waals surface area (Å²) in [6.07, 6.45) is 13.0. The number of hydrogen-bond acceptors (Lipinski definition) is 4. The predicted octanol–water partition coefficient (Wildman–Crippen LogP) is 4.91. The molecule has 1 atom stereocenters. The van der Waals surface area contributed by atoms with Crippen LogP contribution in [0.25, 0.3) is 0 Å². The fourth-order valence-corrected chi connectivity index (χ4v) is 3.80. The van der Waals surface area contributed by atoms with Crippen LogP contribution in [-0.4, -0.2) is 29.3 Å². The number of carbonyl (C=O) groups excluding carboxylic acids is 2. The van der Waals surface area contributed by atoms with Gasteiger partial charge in [-0.15, -0.1) is 0 Å². The molecule has 1 saturated carbocycles. The van der Waals surface area contributed by atoms with Crippen molar-refractivity contribution in [2.24, 2.45) is 11.3 Å². The first-order chi connectivity index (χ1) is 12.4. The number of amides is 1. The van der Waals surface area contributed by atoms with E-state index in [1.54, 1.807) is 34.6 Å². The third-order valence-electron chi connectivity index (χ3n) is 5.49. The van der Waals surface area contributed by atoms with Crippen LogP contribution in [-0.2, 0) is 14.3 Å². The van der Waals surface area contributed by atoms with Gasteiger partial charge in [-0.05, 0) is 78.1 Å². The Morgan fingerprint density at radius 2 is 1.67 bits per heavy atom. The number of rotatable bonds is 4. The lowest BCUT2D eigenvalue weighted by molar-refractivity contribution is -0.158. The van der Waals surface area contributed by atoms with Crippen molar-refractivity contribution >= 4 is 12.1 Å². The standard InChI is InChI=1S/C22H35NO4/c1-20(2,3)27-19(25)23-21(4,5)18(24)26-17-12-10-16(11-13-17)22(6)14-8-7-9-15-22/h7-9,14,16-17H,10-13,15H2,1-6H3,(H,23,25). The van der Waals surface area contributed by atoms with Gasteiger partial charge in [-0.2, -0.15) is 0 Å². The Hall–Kier alpha value is -1.78. The molecule has 0 aliphatic heterocycles. The molecule has 0 spiro atoms. The summed E-state index contributed by atoms with van der Waals surface area (Å²) in [5, 5.41) is 2.62. The zero-order valence-electron chi connectivity index (χ0n) is 17.6. The molecule has 0 aromatic rings. The molecule has 5 heteroatoms. The maximum Gasteiger partial charge on any atom is 0.408 e. The van der Waals surface area contributed by atoms with E-state index in [9.17, 15) is 9.59 Å². The molecule has 2 aliphatic rings. The van der Waals surface area contributed by atoms with Crippen LogP contribution in [0.5, 0.6) is 0 Å². The highest BCUT2D eigenvalue weighted by molar-refractivity contribution is 5.85. The van der Waals surface area contributed by atoms with Crippen molar-refractivity contribution in [1.82, 2.24) is 5.32 Å². The minimum atomic E-state index is -1.12. The first-order valence-electron chi connectivity index (χ1n) is 9.98. The van der Waals surface area contributed by atoms with E-state index in [1.165, 1.54) is 0 Å². The summed E-state index contributed by atoms with van der Waals surface area (Å²) in [5.41, 5.74) is -1.52. The highest BCUT2D eigenvalue weighted by Gasteiger charge is 2.38. The van der Waals surface area contributed by atoms with Gasteiger partial charge in [0.25, 0.3) is 0 Å². The van der Waals surface area contributed by atoms with E-state index in [4.69, 9.17) is 9.47 Å². The molecular formula is C22H35NO4. The Morgan fingerprint density at radius 1 is 1.04 bits per heavy atom. The van der Waals surface area contributed by atoms with Gasteiger partial charge in [0.2, 0.25) is 0 Å². The molecule has 0 aromatic carbocycles. The first-order valence-corrected chi connectivity index (χ1v) is 9.98. The number of hydrogen-bond donors (Lipinski definition) is 1. The van der Waals surface area contributed by atoms with Gasteiger partial charge in [0, 0.05) is 0 Å². The molecule has 2 aliphatic carbocycles. The minimum Gasteiger partial charge on any atom is -0.461 e. The Balaban J connectivity index is 1.83. The number of nitrogens with one attached hydrogen (secondary N) is 1. The third kappa shape index (κ3) is 6.12. The quantitative estimate of drug-likeness (QED) is 0.707. The number of allylic oxidation sites excluding steroid dienone is 4. The summed E-state index contributed by atoms with van der Waals surface area (Å²) in [4.78, 5) is 24.5. The summed E-state index contributed by atoms with van der Waals surface area (Å²) in [7, 11) is 0. The molecule has 5 nitrogen and oxygen atoms in total. The van der Waals surface area contributed by atoms with Gasteiger partial charge in [-0.3, -0.25) is 0 Å². The lowest BCUT2D eigenvalue weighted by atomic mass is 9.66. The molecule has 1 fully saturated rings. The lowest BCUT2D eigenvalue weighted by Crippen LogP contribution is -2.52. The molecule has 0 aromatic heterocycles. The second-order valence-electron chi connectivity index (χ2n) is 9.63. The fraction of sp³-hybridized carbons (Fsp3) is 0.727. The molecule has 2 rings (SSSR count). The van der Waals surface area contributed by atoms with Crippen LogP contribution in [0.4, 0.5) is 4.79 Å². The van der Waals surface area contributed by atoms with Crippen molar-refractivity contribution in [3.63, 3.8) is 0 Å². The maximum absolute atomic E-state index is 12.6. The molecule has 27 heavy (non-hydrogen) atoms. The van der Waals surface area contributed by atoms with Gasteiger partial charge in [-0.25, -0.2) is 9.59 Å². The van der Waals surface area contributed by atoms with Crippen LogP contribution in [0.2, 0.25) is 0 Å². The Morgan fingerprint density at radius 3 is 2.19 bits per heavy atom. The molecule has 1 N–H and O–H groups in total. The van der Waals surface area contributed by atoms with Crippen LogP contribution in [0.3, 0.4) is 0 Å². The molecule has 0 bridgehead atoms. The fourth-order valence-electron chi connectivity index (χ4n) is 3.80. The Kier molecular flexibility index (Phi) is 6.43. The molecule has 1 unspecified atom stereocenters. The third-order valence-corrected chi connectivity index (χ3v) is 5.49.